The first-order valence-electron chi connectivity index (χ1n) is 9.41. The first-order chi connectivity index (χ1) is 14.1. The number of ether oxygens (including phenoxy) is 3. The van der Waals surface area contributed by atoms with E-state index in [1.165, 1.54) is 11.3 Å². The van der Waals surface area contributed by atoms with Crippen LogP contribution in [0, 0.1) is 6.92 Å². The Bertz CT molecular complexity index is 1010. The van der Waals surface area contributed by atoms with Gasteiger partial charge < -0.3 is 24.4 Å². The van der Waals surface area contributed by atoms with Gasteiger partial charge in [0.05, 0.1) is 21.3 Å². The van der Waals surface area contributed by atoms with Crippen LogP contribution in [0.5, 0.6) is 17.2 Å². The van der Waals surface area contributed by atoms with Crippen LogP contribution in [0.3, 0.4) is 0 Å². The van der Waals surface area contributed by atoms with E-state index in [1.54, 1.807) is 21.3 Å². The summed E-state index contributed by atoms with van der Waals surface area (Å²) in [5.41, 5.74) is 3.32. The van der Waals surface area contributed by atoms with Gasteiger partial charge >= 0.3 is 0 Å². The first-order valence-corrected chi connectivity index (χ1v) is 9.41. The topological polar surface area (TPSA) is 68.7 Å². The highest BCUT2D eigenvalue weighted by Crippen LogP contribution is 2.41. The molecule has 0 aliphatic carbocycles. The van der Waals surface area contributed by atoms with Crippen LogP contribution in [-0.2, 0) is 6.42 Å². The predicted octanol–water partition coefficient (Wildman–Crippen LogP) is 4.25. The van der Waals surface area contributed by atoms with Crippen LogP contribution < -0.4 is 24.4 Å². The standard InChI is InChI=1S/C22H24N4O3/c1-14-23-20(25-16-11-18(27-2)22(29-4)19(12-16)28-3)13-21(24-14)26-10-9-15-7-5-6-8-17(15)26/h5-8,11-13H,9-10H2,1-4H3,(H,23,24,25). The zero-order valence-electron chi connectivity index (χ0n) is 17.0. The highest BCUT2D eigenvalue weighted by Gasteiger charge is 2.22. The molecule has 0 atom stereocenters. The summed E-state index contributed by atoms with van der Waals surface area (Å²) in [4.78, 5) is 11.4. The van der Waals surface area contributed by atoms with Crippen molar-refractivity contribution >= 4 is 23.0 Å². The fraction of sp³-hybridized carbons (Fsp3) is 0.273. The van der Waals surface area contributed by atoms with Gasteiger partial charge in [0.2, 0.25) is 5.75 Å². The van der Waals surface area contributed by atoms with Crippen molar-refractivity contribution in [2.75, 3.05) is 38.1 Å². The highest BCUT2D eigenvalue weighted by atomic mass is 16.5. The van der Waals surface area contributed by atoms with Gasteiger partial charge in [0.1, 0.15) is 17.5 Å². The summed E-state index contributed by atoms with van der Waals surface area (Å²) in [6, 6.07) is 14.1. The van der Waals surface area contributed by atoms with E-state index in [2.05, 4.69) is 44.5 Å². The number of nitrogens with one attached hydrogen (secondary N) is 1. The maximum atomic E-state index is 5.44. The number of hydrogen-bond acceptors (Lipinski definition) is 7. The van der Waals surface area contributed by atoms with Gasteiger partial charge in [-0.15, -0.1) is 0 Å². The molecular formula is C22H24N4O3. The number of nitrogens with zero attached hydrogens (tertiary/aromatic N) is 3. The van der Waals surface area contributed by atoms with E-state index in [9.17, 15) is 0 Å². The lowest BCUT2D eigenvalue weighted by atomic mass is 10.2. The molecule has 0 fully saturated rings. The molecule has 1 aliphatic rings. The van der Waals surface area contributed by atoms with Gasteiger partial charge in [-0.3, -0.25) is 0 Å². The third-order valence-corrected chi connectivity index (χ3v) is 4.93. The van der Waals surface area contributed by atoms with E-state index in [0.717, 1.165) is 24.5 Å². The SMILES string of the molecule is COc1cc(Nc2cc(N3CCc4ccccc43)nc(C)n2)cc(OC)c1OC. The number of aryl methyl sites for hydroxylation is 1. The number of rotatable bonds is 6. The first kappa shape index (κ1) is 18.9. The molecule has 0 saturated heterocycles. The van der Waals surface area contributed by atoms with Gasteiger partial charge in [0.15, 0.2) is 11.5 Å². The minimum atomic E-state index is 0.550. The van der Waals surface area contributed by atoms with Crippen molar-refractivity contribution in [2.24, 2.45) is 0 Å². The molecule has 4 rings (SSSR count). The van der Waals surface area contributed by atoms with E-state index >= 15 is 0 Å². The molecule has 2 aromatic carbocycles. The molecule has 7 heteroatoms. The number of aromatic nitrogens is 2. The number of anilines is 4. The summed E-state index contributed by atoms with van der Waals surface area (Å²) < 4.78 is 16.3. The Morgan fingerprint density at radius 1 is 0.931 bits per heavy atom. The smallest absolute Gasteiger partial charge is 0.203 e. The number of para-hydroxylation sites is 1. The molecule has 7 nitrogen and oxygen atoms in total. The largest absolute Gasteiger partial charge is 0.493 e. The molecule has 0 spiro atoms. The molecule has 0 radical (unpaired) electrons. The number of benzene rings is 2. The van der Waals surface area contributed by atoms with Crippen molar-refractivity contribution in [2.45, 2.75) is 13.3 Å². The monoisotopic (exact) mass is 392 g/mol. The van der Waals surface area contributed by atoms with Crippen LogP contribution in [0.15, 0.2) is 42.5 Å². The van der Waals surface area contributed by atoms with Crippen molar-refractivity contribution in [3.8, 4) is 17.2 Å². The zero-order valence-corrected chi connectivity index (χ0v) is 17.0. The molecular weight excluding hydrogens is 368 g/mol. The Kier molecular flexibility index (Phi) is 5.12. The van der Waals surface area contributed by atoms with Gasteiger partial charge in [-0.25, -0.2) is 9.97 Å². The molecule has 0 amide bonds. The summed E-state index contributed by atoms with van der Waals surface area (Å²) in [5, 5.41) is 3.34. The van der Waals surface area contributed by atoms with Crippen molar-refractivity contribution < 1.29 is 14.2 Å². The lowest BCUT2D eigenvalue weighted by Gasteiger charge is -2.20. The minimum Gasteiger partial charge on any atom is -0.493 e. The van der Waals surface area contributed by atoms with E-state index in [0.29, 0.717) is 28.9 Å². The second-order valence-electron chi connectivity index (χ2n) is 6.73. The Morgan fingerprint density at radius 3 is 2.34 bits per heavy atom. The lowest BCUT2D eigenvalue weighted by Crippen LogP contribution is -2.16. The predicted molar refractivity (Wildman–Crippen MR) is 113 cm³/mol. The minimum absolute atomic E-state index is 0.550. The van der Waals surface area contributed by atoms with Gasteiger partial charge in [-0.2, -0.15) is 0 Å². The maximum Gasteiger partial charge on any atom is 0.203 e. The van der Waals surface area contributed by atoms with Gasteiger partial charge in [-0.05, 0) is 25.0 Å². The van der Waals surface area contributed by atoms with Gasteiger partial charge in [-0.1, -0.05) is 18.2 Å². The third kappa shape index (κ3) is 3.63. The average molecular weight is 392 g/mol. The molecule has 1 aliphatic heterocycles. The Balaban J connectivity index is 1.68. The van der Waals surface area contributed by atoms with Crippen LogP contribution in [0.1, 0.15) is 11.4 Å². The summed E-state index contributed by atoms with van der Waals surface area (Å²) in [7, 11) is 4.78. The van der Waals surface area contributed by atoms with Crippen LogP contribution in [0.4, 0.5) is 23.0 Å². The Labute approximate surface area is 170 Å². The van der Waals surface area contributed by atoms with E-state index in [-0.39, 0.29) is 0 Å². The average Bonchev–Trinajstić information content (AvgIpc) is 3.16. The summed E-state index contributed by atoms with van der Waals surface area (Å²) >= 11 is 0. The number of hydrogen-bond donors (Lipinski definition) is 1. The molecule has 150 valence electrons. The quantitative estimate of drug-likeness (QED) is 0.672. The van der Waals surface area contributed by atoms with Crippen molar-refractivity contribution in [3.05, 3.63) is 53.9 Å². The van der Waals surface area contributed by atoms with Gasteiger partial charge in [0, 0.05) is 36.1 Å². The highest BCUT2D eigenvalue weighted by molar-refractivity contribution is 5.71. The lowest BCUT2D eigenvalue weighted by molar-refractivity contribution is 0.324. The van der Waals surface area contributed by atoms with Gasteiger partial charge in [0.25, 0.3) is 0 Å². The molecule has 0 bridgehead atoms. The fourth-order valence-electron chi connectivity index (χ4n) is 3.63. The van der Waals surface area contributed by atoms with E-state index in [1.807, 2.05) is 25.1 Å². The summed E-state index contributed by atoms with van der Waals surface area (Å²) in [5.74, 6) is 3.97. The molecule has 1 N–H and O–H groups in total. The Hall–Kier alpha value is -3.48. The number of fused-ring (bicyclic) bond motifs is 1. The second kappa shape index (κ2) is 7.87. The van der Waals surface area contributed by atoms with Crippen LogP contribution in [-0.4, -0.2) is 37.8 Å². The zero-order chi connectivity index (χ0) is 20.4. The van der Waals surface area contributed by atoms with Crippen molar-refractivity contribution in [1.82, 2.24) is 9.97 Å². The molecule has 1 aromatic heterocycles. The summed E-state index contributed by atoms with van der Waals surface area (Å²) in [6.45, 7) is 2.80. The van der Waals surface area contributed by atoms with Crippen LogP contribution in [0.25, 0.3) is 0 Å². The van der Waals surface area contributed by atoms with E-state index < -0.39 is 0 Å². The molecule has 29 heavy (non-hydrogen) atoms. The second-order valence-corrected chi connectivity index (χ2v) is 6.73. The molecule has 0 unspecified atom stereocenters. The maximum absolute atomic E-state index is 5.44. The van der Waals surface area contributed by atoms with Crippen LogP contribution in [0.2, 0.25) is 0 Å². The normalized spacial score (nSPS) is 12.5. The van der Waals surface area contributed by atoms with Crippen LogP contribution >= 0.6 is 0 Å². The fourth-order valence-corrected chi connectivity index (χ4v) is 3.63. The Morgan fingerprint density at radius 2 is 1.66 bits per heavy atom. The van der Waals surface area contributed by atoms with Crippen molar-refractivity contribution in [1.29, 1.82) is 0 Å². The van der Waals surface area contributed by atoms with Crippen molar-refractivity contribution in [3.63, 3.8) is 0 Å². The number of methoxy groups -OCH3 is 3. The van der Waals surface area contributed by atoms with E-state index in [4.69, 9.17) is 14.2 Å². The third-order valence-electron chi connectivity index (χ3n) is 4.93. The summed E-state index contributed by atoms with van der Waals surface area (Å²) in [6.07, 6.45) is 1.01. The molecule has 0 saturated carbocycles. The molecule has 3 aromatic rings. The molecule has 2 heterocycles.